The average molecular weight is 280 g/mol. The summed E-state index contributed by atoms with van der Waals surface area (Å²) in [6.45, 7) is 1.06. The van der Waals surface area contributed by atoms with Gasteiger partial charge in [-0.05, 0) is 17.7 Å². The zero-order valence-electron chi connectivity index (χ0n) is 10.9. The second-order valence-corrected chi connectivity index (χ2v) is 4.21. The Bertz CT molecular complexity index is 498. The van der Waals surface area contributed by atoms with E-state index in [1.54, 1.807) is 24.3 Å². The molecular formula is C13H16N2O5. The lowest BCUT2D eigenvalue weighted by Gasteiger charge is -2.08. The van der Waals surface area contributed by atoms with E-state index in [-0.39, 0.29) is 18.9 Å². The number of anilines is 1. The highest BCUT2D eigenvalue weighted by Crippen LogP contribution is 2.09. The lowest BCUT2D eigenvalue weighted by molar-refractivity contribution is -0.146. The Morgan fingerprint density at radius 2 is 1.80 bits per heavy atom. The summed E-state index contributed by atoms with van der Waals surface area (Å²) >= 11 is 0. The fraction of sp³-hybridized carbons (Fsp3) is 0.308. The number of carboxylic acid groups (broad SMARTS) is 1. The molecule has 1 rings (SSSR count). The monoisotopic (exact) mass is 280 g/mol. The summed E-state index contributed by atoms with van der Waals surface area (Å²) in [5.41, 5.74) is 1.34. The Labute approximate surface area is 115 Å². The summed E-state index contributed by atoms with van der Waals surface area (Å²) in [4.78, 5) is 32.7. The maximum atomic E-state index is 11.5. The minimum Gasteiger partial charge on any atom is -0.479 e. The molecule has 20 heavy (non-hydrogen) atoms. The molecule has 0 bridgehead atoms. The van der Waals surface area contributed by atoms with E-state index in [2.05, 4.69) is 10.6 Å². The minimum absolute atomic E-state index is 0.0622. The maximum Gasteiger partial charge on any atom is 0.334 e. The first-order valence-electron chi connectivity index (χ1n) is 5.92. The van der Waals surface area contributed by atoms with Crippen molar-refractivity contribution in [2.45, 2.75) is 19.4 Å². The zero-order valence-corrected chi connectivity index (χ0v) is 10.9. The smallest absolute Gasteiger partial charge is 0.334 e. The lowest BCUT2D eigenvalue weighted by Crippen LogP contribution is -2.37. The largest absolute Gasteiger partial charge is 0.479 e. The van der Waals surface area contributed by atoms with Crippen molar-refractivity contribution in [1.29, 1.82) is 0 Å². The van der Waals surface area contributed by atoms with Crippen LogP contribution in [0.15, 0.2) is 24.3 Å². The number of aliphatic hydroxyl groups is 1. The number of carbonyl (C=O) groups excluding carboxylic acids is 2. The summed E-state index contributed by atoms with van der Waals surface area (Å²) in [6.07, 6.45) is -1.55. The number of carbonyl (C=O) groups is 3. The molecular weight excluding hydrogens is 264 g/mol. The molecule has 0 aliphatic rings. The van der Waals surface area contributed by atoms with E-state index in [0.29, 0.717) is 11.3 Å². The molecule has 0 radical (unpaired) electrons. The highest BCUT2D eigenvalue weighted by Gasteiger charge is 2.14. The number of aliphatic carboxylic acids is 1. The molecule has 1 aromatic rings. The first-order chi connectivity index (χ1) is 9.38. The summed E-state index contributed by atoms with van der Waals surface area (Å²) in [5, 5.41) is 22.4. The third kappa shape index (κ3) is 5.49. The quantitative estimate of drug-likeness (QED) is 0.573. The predicted octanol–water partition coefficient (Wildman–Crippen LogP) is -0.251. The van der Waals surface area contributed by atoms with Crippen LogP contribution in [0.3, 0.4) is 0 Å². The summed E-state index contributed by atoms with van der Waals surface area (Å²) < 4.78 is 0. The van der Waals surface area contributed by atoms with Gasteiger partial charge in [0.15, 0.2) is 6.10 Å². The normalized spacial score (nSPS) is 11.5. The van der Waals surface area contributed by atoms with E-state index in [1.165, 1.54) is 6.92 Å². The van der Waals surface area contributed by atoms with Crippen LogP contribution >= 0.6 is 0 Å². The Balaban J connectivity index is 2.46. The molecule has 4 N–H and O–H groups in total. The van der Waals surface area contributed by atoms with Crippen molar-refractivity contribution >= 4 is 23.5 Å². The van der Waals surface area contributed by atoms with Crippen molar-refractivity contribution in [3.05, 3.63) is 29.8 Å². The molecule has 0 fully saturated rings. The van der Waals surface area contributed by atoms with Crippen LogP contribution in [0.4, 0.5) is 5.69 Å². The topological polar surface area (TPSA) is 116 Å². The Hall–Kier alpha value is -2.41. The van der Waals surface area contributed by atoms with Gasteiger partial charge in [-0.3, -0.25) is 9.59 Å². The third-order valence-electron chi connectivity index (χ3n) is 2.42. The fourth-order valence-electron chi connectivity index (χ4n) is 1.45. The number of hydrogen-bond donors (Lipinski definition) is 4. The molecule has 0 aliphatic carbocycles. The van der Waals surface area contributed by atoms with Crippen molar-refractivity contribution in [3.63, 3.8) is 0 Å². The molecule has 7 nitrogen and oxygen atoms in total. The maximum absolute atomic E-state index is 11.5. The van der Waals surface area contributed by atoms with Crippen LogP contribution in [-0.4, -0.2) is 40.6 Å². The highest BCUT2D eigenvalue weighted by molar-refractivity contribution is 5.88. The van der Waals surface area contributed by atoms with Crippen LogP contribution in [0.25, 0.3) is 0 Å². The summed E-state index contributed by atoms with van der Waals surface area (Å²) in [7, 11) is 0. The van der Waals surface area contributed by atoms with E-state index < -0.39 is 18.0 Å². The van der Waals surface area contributed by atoms with Gasteiger partial charge >= 0.3 is 5.97 Å². The van der Waals surface area contributed by atoms with Gasteiger partial charge in [0.2, 0.25) is 11.8 Å². The van der Waals surface area contributed by atoms with E-state index >= 15 is 0 Å². The van der Waals surface area contributed by atoms with Gasteiger partial charge in [0.05, 0.1) is 13.0 Å². The van der Waals surface area contributed by atoms with Gasteiger partial charge < -0.3 is 20.8 Å². The Morgan fingerprint density at radius 3 is 2.30 bits per heavy atom. The molecule has 0 aliphatic heterocycles. The van der Waals surface area contributed by atoms with Gasteiger partial charge in [0.25, 0.3) is 0 Å². The number of hydrogen-bond acceptors (Lipinski definition) is 4. The molecule has 1 atom stereocenters. The SMILES string of the molecule is CC(=O)Nc1ccc(CC(=O)NC[C@H](O)C(=O)O)cc1. The summed E-state index contributed by atoms with van der Waals surface area (Å²) in [5.74, 6) is -1.96. The molecule has 0 heterocycles. The van der Waals surface area contributed by atoms with E-state index in [4.69, 9.17) is 10.2 Å². The molecule has 0 aromatic heterocycles. The van der Waals surface area contributed by atoms with Crippen molar-refractivity contribution in [3.8, 4) is 0 Å². The first-order valence-corrected chi connectivity index (χ1v) is 5.92. The zero-order chi connectivity index (χ0) is 15.1. The average Bonchev–Trinajstić information content (AvgIpc) is 2.37. The molecule has 0 saturated heterocycles. The van der Waals surface area contributed by atoms with Gasteiger partial charge in [-0.1, -0.05) is 12.1 Å². The first kappa shape index (κ1) is 15.6. The molecule has 7 heteroatoms. The van der Waals surface area contributed by atoms with Crippen LogP contribution in [0.2, 0.25) is 0 Å². The minimum atomic E-state index is -1.61. The van der Waals surface area contributed by atoms with Gasteiger partial charge in [-0.15, -0.1) is 0 Å². The molecule has 1 aromatic carbocycles. The lowest BCUT2D eigenvalue weighted by atomic mass is 10.1. The molecule has 0 saturated carbocycles. The summed E-state index contributed by atoms with van der Waals surface area (Å²) in [6, 6.07) is 6.68. The van der Waals surface area contributed by atoms with E-state index in [9.17, 15) is 14.4 Å². The second kappa shape index (κ2) is 7.25. The number of benzene rings is 1. The van der Waals surface area contributed by atoms with Gasteiger partial charge in [0, 0.05) is 12.6 Å². The molecule has 108 valence electrons. The van der Waals surface area contributed by atoms with Crippen molar-refractivity contribution in [2.24, 2.45) is 0 Å². The molecule has 2 amide bonds. The number of nitrogens with one attached hydrogen (secondary N) is 2. The van der Waals surface area contributed by atoms with Crippen LogP contribution in [0, 0.1) is 0 Å². The number of rotatable bonds is 6. The number of carboxylic acids is 1. The molecule has 0 spiro atoms. The van der Waals surface area contributed by atoms with Crippen LogP contribution in [0.5, 0.6) is 0 Å². The van der Waals surface area contributed by atoms with Gasteiger partial charge in [0.1, 0.15) is 0 Å². The van der Waals surface area contributed by atoms with Crippen molar-refractivity contribution in [2.75, 3.05) is 11.9 Å². The number of aliphatic hydroxyl groups excluding tert-OH is 1. The predicted molar refractivity (Wildman–Crippen MR) is 71.1 cm³/mol. The van der Waals surface area contributed by atoms with Gasteiger partial charge in [-0.2, -0.15) is 0 Å². The van der Waals surface area contributed by atoms with Crippen molar-refractivity contribution in [1.82, 2.24) is 5.32 Å². The second-order valence-electron chi connectivity index (χ2n) is 4.21. The fourth-order valence-corrected chi connectivity index (χ4v) is 1.45. The Morgan fingerprint density at radius 1 is 1.20 bits per heavy atom. The van der Waals surface area contributed by atoms with Crippen LogP contribution in [-0.2, 0) is 20.8 Å². The van der Waals surface area contributed by atoms with Crippen molar-refractivity contribution < 1.29 is 24.6 Å². The van der Waals surface area contributed by atoms with E-state index in [0.717, 1.165) is 0 Å². The third-order valence-corrected chi connectivity index (χ3v) is 2.42. The van der Waals surface area contributed by atoms with Crippen LogP contribution in [0.1, 0.15) is 12.5 Å². The van der Waals surface area contributed by atoms with Crippen LogP contribution < -0.4 is 10.6 Å². The number of amides is 2. The van der Waals surface area contributed by atoms with E-state index in [1.807, 2.05) is 0 Å². The molecule has 0 unspecified atom stereocenters. The van der Waals surface area contributed by atoms with Gasteiger partial charge in [-0.25, -0.2) is 4.79 Å². The Kier molecular flexibility index (Phi) is 5.67. The standard InChI is InChI=1S/C13H16N2O5/c1-8(16)15-10-4-2-9(3-5-10)6-12(18)14-7-11(17)13(19)20/h2-5,11,17H,6-7H2,1H3,(H,14,18)(H,15,16)(H,19,20)/t11-/m0/s1. The highest BCUT2D eigenvalue weighted by atomic mass is 16.4.